The lowest BCUT2D eigenvalue weighted by molar-refractivity contribution is -0.157. The summed E-state index contributed by atoms with van der Waals surface area (Å²) >= 11 is 0. The molecule has 0 radical (unpaired) electrons. The van der Waals surface area contributed by atoms with Crippen LogP contribution >= 0.6 is 0 Å². The summed E-state index contributed by atoms with van der Waals surface area (Å²) < 4.78 is 31.0. The maximum atomic E-state index is 12.5. The van der Waals surface area contributed by atoms with Gasteiger partial charge in [-0.25, -0.2) is 8.42 Å². The minimum Gasteiger partial charge on any atom is -0.356 e. The number of rotatable bonds is 1. The average Bonchev–Trinajstić information content (AvgIpc) is 2.33. The molecule has 4 heteroatoms. The fraction of sp³-hybridized carbons (Fsp3) is 0.857. The molecule has 0 aromatic rings. The summed E-state index contributed by atoms with van der Waals surface area (Å²) in [4.78, 5) is 0. The number of sulfone groups is 1. The summed E-state index contributed by atoms with van der Waals surface area (Å²) in [6.07, 6.45) is 8.13. The standard InChI is InChI=1S/C14H22O3S/c1-12(2,3)17-11-14-7-5-4-6-13(14,8-9-14)10-18(11,15)16/h4-5,11H,6-10H2,1-3H3/t11-,13-,14+/m0/s1. The van der Waals surface area contributed by atoms with E-state index in [9.17, 15) is 8.42 Å². The molecular weight excluding hydrogens is 248 g/mol. The van der Waals surface area contributed by atoms with E-state index in [1.165, 1.54) is 0 Å². The monoisotopic (exact) mass is 270 g/mol. The third-order valence-electron chi connectivity index (χ3n) is 4.98. The van der Waals surface area contributed by atoms with Gasteiger partial charge in [-0.3, -0.25) is 0 Å². The molecule has 102 valence electrons. The van der Waals surface area contributed by atoms with Gasteiger partial charge in [-0.1, -0.05) is 12.2 Å². The molecule has 0 aromatic carbocycles. The van der Waals surface area contributed by atoms with E-state index in [-0.39, 0.29) is 10.8 Å². The molecule has 1 heterocycles. The van der Waals surface area contributed by atoms with Crippen LogP contribution in [0.4, 0.5) is 0 Å². The van der Waals surface area contributed by atoms with Crippen LogP contribution in [0.15, 0.2) is 12.2 Å². The summed E-state index contributed by atoms with van der Waals surface area (Å²) in [6, 6.07) is 0. The smallest absolute Gasteiger partial charge is 0.178 e. The van der Waals surface area contributed by atoms with Gasteiger partial charge in [0.2, 0.25) is 0 Å². The van der Waals surface area contributed by atoms with Crippen molar-refractivity contribution in [3.8, 4) is 0 Å². The fourth-order valence-electron chi connectivity index (χ4n) is 4.08. The highest BCUT2D eigenvalue weighted by atomic mass is 32.2. The molecular formula is C14H22O3S. The van der Waals surface area contributed by atoms with Crippen LogP contribution in [0.3, 0.4) is 0 Å². The van der Waals surface area contributed by atoms with E-state index < -0.39 is 20.9 Å². The Morgan fingerprint density at radius 1 is 1.17 bits per heavy atom. The lowest BCUT2D eigenvalue weighted by Crippen LogP contribution is -2.56. The van der Waals surface area contributed by atoms with Gasteiger partial charge < -0.3 is 4.74 Å². The summed E-state index contributed by atoms with van der Waals surface area (Å²) in [5, 5.41) is 0. The molecule has 1 aliphatic heterocycles. The van der Waals surface area contributed by atoms with E-state index in [4.69, 9.17) is 4.74 Å². The summed E-state index contributed by atoms with van der Waals surface area (Å²) in [6.45, 7) is 5.82. The molecule has 2 fully saturated rings. The second-order valence-corrected chi connectivity index (χ2v) is 9.23. The molecule has 1 saturated heterocycles. The average molecular weight is 270 g/mol. The van der Waals surface area contributed by atoms with Gasteiger partial charge in [-0.2, -0.15) is 0 Å². The van der Waals surface area contributed by atoms with Crippen molar-refractivity contribution in [3.05, 3.63) is 12.2 Å². The normalized spacial score (nSPS) is 45.2. The minimum atomic E-state index is -3.12. The first-order chi connectivity index (χ1) is 8.21. The molecule has 2 aliphatic carbocycles. The summed E-state index contributed by atoms with van der Waals surface area (Å²) in [5.74, 6) is 0.324. The maximum Gasteiger partial charge on any atom is 0.178 e. The fourth-order valence-corrected chi connectivity index (χ4v) is 7.13. The van der Waals surface area contributed by atoms with Crippen molar-refractivity contribution < 1.29 is 13.2 Å². The molecule has 0 spiro atoms. The Kier molecular flexibility index (Phi) is 2.39. The predicted octanol–water partition coefficient (Wildman–Crippen LogP) is 2.67. The molecule has 18 heavy (non-hydrogen) atoms. The van der Waals surface area contributed by atoms with Gasteiger partial charge in [-0.15, -0.1) is 0 Å². The van der Waals surface area contributed by atoms with Gasteiger partial charge in [0.1, 0.15) is 0 Å². The Morgan fingerprint density at radius 2 is 1.83 bits per heavy atom. The first-order valence-electron chi connectivity index (χ1n) is 6.75. The molecule has 3 atom stereocenters. The molecule has 0 amide bonds. The first-order valence-corrected chi connectivity index (χ1v) is 8.47. The molecule has 0 N–H and O–H groups in total. The molecule has 0 aromatic heterocycles. The highest BCUT2D eigenvalue weighted by Crippen LogP contribution is 2.70. The maximum absolute atomic E-state index is 12.5. The molecule has 0 bridgehead atoms. The Morgan fingerprint density at radius 3 is 2.39 bits per heavy atom. The lowest BCUT2D eigenvalue weighted by atomic mass is 9.46. The van der Waals surface area contributed by atoms with Gasteiger partial charge in [-0.05, 0) is 51.9 Å². The van der Waals surface area contributed by atoms with E-state index in [2.05, 4.69) is 12.2 Å². The van der Waals surface area contributed by atoms with Crippen LogP contribution in [0.2, 0.25) is 0 Å². The summed E-state index contributed by atoms with van der Waals surface area (Å²) in [5.41, 5.74) is -1.15. The van der Waals surface area contributed by atoms with Crippen molar-refractivity contribution >= 4 is 9.84 Å². The molecule has 1 saturated carbocycles. The third-order valence-corrected chi connectivity index (χ3v) is 7.13. The van der Waals surface area contributed by atoms with Gasteiger partial charge in [0.25, 0.3) is 0 Å². The quantitative estimate of drug-likeness (QED) is 0.688. The van der Waals surface area contributed by atoms with Crippen molar-refractivity contribution in [2.45, 2.75) is 57.5 Å². The molecule has 0 unspecified atom stereocenters. The van der Waals surface area contributed by atoms with Crippen molar-refractivity contribution in [3.63, 3.8) is 0 Å². The van der Waals surface area contributed by atoms with E-state index in [1.54, 1.807) is 0 Å². The first kappa shape index (κ1) is 12.7. The van der Waals surface area contributed by atoms with Gasteiger partial charge in [0.05, 0.1) is 11.4 Å². The number of allylic oxidation sites excluding steroid dienone is 2. The topological polar surface area (TPSA) is 43.4 Å². The van der Waals surface area contributed by atoms with E-state index >= 15 is 0 Å². The molecule has 3 rings (SSSR count). The van der Waals surface area contributed by atoms with Gasteiger partial charge >= 0.3 is 0 Å². The predicted molar refractivity (Wildman–Crippen MR) is 70.9 cm³/mol. The largest absolute Gasteiger partial charge is 0.356 e. The number of hydrogen-bond acceptors (Lipinski definition) is 3. The molecule has 3 aliphatic rings. The lowest BCUT2D eigenvalue weighted by Gasteiger charge is -2.58. The van der Waals surface area contributed by atoms with Crippen LogP contribution in [-0.2, 0) is 14.6 Å². The highest BCUT2D eigenvalue weighted by molar-refractivity contribution is 7.92. The summed E-state index contributed by atoms with van der Waals surface area (Å²) in [7, 11) is -3.12. The zero-order valence-electron chi connectivity index (χ0n) is 11.4. The van der Waals surface area contributed by atoms with E-state index in [0.717, 1.165) is 25.7 Å². The zero-order chi connectivity index (χ0) is 13.2. The van der Waals surface area contributed by atoms with Gasteiger partial charge in [0, 0.05) is 5.41 Å². The van der Waals surface area contributed by atoms with Gasteiger partial charge in [0.15, 0.2) is 15.3 Å². The van der Waals surface area contributed by atoms with Crippen LogP contribution in [0.25, 0.3) is 0 Å². The Hall–Kier alpha value is -0.350. The second kappa shape index (κ2) is 3.40. The van der Waals surface area contributed by atoms with Crippen molar-refractivity contribution in [1.29, 1.82) is 0 Å². The highest BCUT2D eigenvalue weighted by Gasteiger charge is 2.72. The van der Waals surface area contributed by atoms with Crippen molar-refractivity contribution in [1.82, 2.24) is 0 Å². The number of ether oxygens (including phenoxy) is 1. The minimum absolute atomic E-state index is 0.0174. The third kappa shape index (κ3) is 1.48. The van der Waals surface area contributed by atoms with Crippen LogP contribution in [0, 0.1) is 10.8 Å². The van der Waals surface area contributed by atoms with Crippen LogP contribution < -0.4 is 0 Å². The van der Waals surface area contributed by atoms with E-state index in [1.807, 2.05) is 20.8 Å². The zero-order valence-corrected chi connectivity index (χ0v) is 12.2. The van der Waals surface area contributed by atoms with Crippen molar-refractivity contribution in [2.75, 3.05) is 5.75 Å². The molecule has 3 nitrogen and oxygen atoms in total. The van der Waals surface area contributed by atoms with Crippen molar-refractivity contribution in [2.24, 2.45) is 10.8 Å². The SMILES string of the molecule is CC(C)(C)O[C@@H]1[C@]23CC=CC[C@]2(CC3)CS1(=O)=O. The number of hydrogen-bond donors (Lipinski definition) is 0. The van der Waals surface area contributed by atoms with E-state index in [0.29, 0.717) is 5.75 Å². The van der Waals surface area contributed by atoms with Crippen LogP contribution in [0.1, 0.15) is 46.5 Å². The van der Waals surface area contributed by atoms with Crippen LogP contribution in [-0.4, -0.2) is 25.2 Å². The second-order valence-electron chi connectivity index (χ2n) is 7.19. The Bertz CT molecular complexity index is 500. The van der Waals surface area contributed by atoms with Crippen LogP contribution in [0.5, 0.6) is 0 Å². The Labute approximate surface area is 110 Å². The Balaban J connectivity index is 2.04.